The van der Waals surface area contributed by atoms with Gasteiger partial charge in [-0.1, -0.05) is 30.3 Å². The Morgan fingerprint density at radius 1 is 1.05 bits per heavy atom. The highest BCUT2D eigenvalue weighted by Crippen LogP contribution is 2.32. The van der Waals surface area contributed by atoms with Gasteiger partial charge in [-0.05, 0) is 42.5 Å². The summed E-state index contributed by atoms with van der Waals surface area (Å²) in [5, 5.41) is 0. The zero-order valence-corrected chi connectivity index (χ0v) is 12.1. The average molecular weight is 283 g/mol. The van der Waals surface area contributed by atoms with E-state index in [4.69, 9.17) is 15.2 Å². The van der Waals surface area contributed by atoms with E-state index in [0.29, 0.717) is 13.2 Å². The standard InChI is InChI=1S/C18H21NO2/c19-15-7-4-8-16(13-15)20-11-12-21-18-10-3-6-14-5-1-2-9-17(14)18/h1-2,4-5,7-9,13,18H,3,6,10-12,19H2. The Balaban J connectivity index is 1.50. The maximum atomic E-state index is 6.01. The van der Waals surface area contributed by atoms with E-state index in [1.165, 1.54) is 17.5 Å². The molecule has 0 radical (unpaired) electrons. The molecule has 0 heterocycles. The first-order chi connectivity index (χ1) is 10.3. The number of benzene rings is 2. The molecule has 110 valence electrons. The second-order valence-corrected chi connectivity index (χ2v) is 5.37. The lowest BCUT2D eigenvalue weighted by atomic mass is 9.89. The first-order valence-corrected chi connectivity index (χ1v) is 7.51. The van der Waals surface area contributed by atoms with E-state index in [0.717, 1.165) is 24.3 Å². The predicted octanol–water partition coefficient (Wildman–Crippen LogP) is 3.74. The molecule has 0 saturated carbocycles. The quantitative estimate of drug-likeness (QED) is 0.671. The van der Waals surface area contributed by atoms with Gasteiger partial charge in [0.05, 0.1) is 12.7 Å². The van der Waals surface area contributed by atoms with Crippen LogP contribution in [0.1, 0.15) is 30.1 Å². The molecule has 1 unspecified atom stereocenters. The smallest absolute Gasteiger partial charge is 0.121 e. The molecule has 1 aliphatic carbocycles. The number of aryl methyl sites for hydroxylation is 1. The fourth-order valence-electron chi connectivity index (χ4n) is 2.84. The molecule has 21 heavy (non-hydrogen) atoms. The van der Waals surface area contributed by atoms with E-state index in [1.54, 1.807) is 0 Å². The average Bonchev–Trinajstić information content (AvgIpc) is 2.52. The van der Waals surface area contributed by atoms with Crippen molar-refractivity contribution in [2.45, 2.75) is 25.4 Å². The Bertz CT molecular complexity index is 597. The summed E-state index contributed by atoms with van der Waals surface area (Å²) in [5.74, 6) is 0.794. The van der Waals surface area contributed by atoms with Crippen LogP contribution < -0.4 is 10.5 Å². The van der Waals surface area contributed by atoms with Crippen LogP contribution in [0.3, 0.4) is 0 Å². The molecule has 0 aliphatic heterocycles. The highest BCUT2D eigenvalue weighted by atomic mass is 16.5. The van der Waals surface area contributed by atoms with Crippen LogP contribution in [0.15, 0.2) is 48.5 Å². The van der Waals surface area contributed by atoms with Crippen LogP contribution in [-0.4, -0.2) is 13.2 Å². The van der Waals surface area contributed by atoms with E-state index in [1.807, 2.05) is 24.3 Å². The topological polar surface area (TPSA) is 44.5 Å². The summed E-state index contributed by atoms with van der Waals surface area (Å²) in [4.78, 5) is 0. The van der Waals surface area contributed by atoms with E-state index < -0.39 is 0 Å². The van der Waals surface area contributed by atoms with Crippen molar-refractivity contribution in [3.63, 3.8) is 0 Å². The minimum Gasteiger partial charge on any atom is -0.491 e. The van der Waals surface area contributed by atoms with Crippen LogP contribution >= 0.6 is 0 Å². The number of nitrogen functional groups attached to an aromatic ring is 1. The molecular formula is C18H21NO2. The van der Waals surface area contributed by atoms with Crippen LogP contribution in [-0.2, 0) is 11.2 Å². The normalized spacial score (nSPS) is 17.2. The molecule has 0 bridgehead atoms. The summed E-state index contributed by atoms with van der Waals surface area (Å²) in [7, 11) is 0. The second kappa shape index (κ2) is 6.64. The minimum atomic E-state index is 0.208. The molecule has 2 aromatic rings. The summed E-state index contributed by atoms with van der Waals surface area (Å²) in [6.45, 7) is 1.13. The third-order valence-electron chi connectivity index (χ3n) is 3.84. The van der Waals surface area contributed by atoms with Crippen molar-refractivity contribution in [1.82, 2.24) is 0 Å². The zero-order valence-electron chi connectivity index (χ0n) is 12.1. The number of rotatable bonds is 5. The number of hydrogen-bond acceptors (Lipinski definition) is 3. The van der Waals surface area contributed by atoms with Gasteiger partial charge in [-0.25, -0.2) is 0 Å². The molecule has 1 aliphatic rings. The Kier molecular flexibility index (Phi) is 4.41. The van der Waals surface area contributed by atoms with E-state index in [9.17, 15) is 0 Å². The first kappa shape index (κ1) is 14.0. The molecule has 0 fully saturated rings. The van der Waals surface area contributed by atoms with Gasteiger partial charge in [-0.2, -0.15) is 0 Å². The third-order valence-corrected chi connectivity index (χ3v) is 3.84. The lowest BCUT2D eigenvalue weighted by Crippen LogP contribution is -2.16. The van der Waals surface area contributed by atoms with Gasteiger partial charge in [0.1, 0.15) is 12.4 Å². The van der Waals surface area contributed by atoms with Crippen molar-refractivity contribution in [2.24, 2.45) is 0 Å². The van der Waals surface area contributed by atoms with Crippen molar-refractivity contribution in [1.29, 1.82) is 0 Å². The van der Waals surface area contributed by atoms with Gasteiger partial charge >= 0.3 is 0 Å². The molecular weight excluding hydrogens is 262 g/mol. The van der Waals surface area contributed by atoms with Crippen molar-refractivity contribution < 1.29 is 9.47 Å². The van der Waals surface area contributed by atoms with Gasteiger partial charge in [-0.15, -0.1) is 0 Å². The molecule has 0 spiro atoms. The predicted molar refractivity (Wildman–Crippen MR) is 84.4 cm³/mol. The van der Waals surface area contributed by atoms with Gasteiger partial charge in [0.15, 0.2) is 0 Å². The van der Waals surface area contributed by atoms with Crippen molar-refractivity contribution in [3.05, 3.63) is 59.7 Å². The van der Waals surface area contributed by atoms with Crippen LogP contribution in [0, 0.1) is 0 Å². The molecule has 1 atom stereocenters. The lowest BCUT2D eigenvalue weighted by molar-refractivity contribution is 0.0229. The van der Waals surface area contributed by atoms with Gasteiger partial charge in [0.2, 0.25) is 0 Å². The molecule has 0 saturated heterocycles. The van der Waals surface area contributed by atoms with E-state index in [2.05, 4.69) is 24.3 Å². The number of anilines is 1. The van der Waals surface area contributed by atoms with Crippen LogP contribution in [0.5, 0.6) is 5.75 Å². The first-order valence-electron chi connectivity index (χ1n) is 7.51. The summed E-state index contributed by atoms with van der Waals surface area (Å²) in [6, 6.07) is 16.0. The van der Waals surface area contributed by atoms with E-state index >= 15 is 0 Å². The Hall–Kier alpha value is -2.00. The monoisotopic (exact) mass is 283 g/mol. The van der Waals surface area contributed by atoms with Crippen LogP contribution in [0.25, 0.3) is 0 Å². The number of ether oxygens (including phenoxy) is 2. The number of hydrogen-bond donors (Lipinski definition) is 1. The number of nitrogens with two attached hydrogens (primary N) is 1. The lowest BCUT2D eigenvalue weighted by Gasteiger charge is -2.25. The molecule has 3 heteroatoms. The van der Waals surface area contributed by atoms with Crippen LogP contribution in [0.4, 0.5) is 5.69 Å². The Morgan fingerprint density at radius 2 is 1.95 bits per heavy atom. The SMILES string of the molecule is Nc1cccc(OCCOC2CCCc3ccccc32)c1. The summed E-state index contributed by atoms with van der Waals surface area (Å²) in [6.07, 6.45) is 3.66. The van der Waals surface area contributed by atoms with Crippen molar-refractivity contribution >= 4 is 5.69 Å². The highest BCUT2D eigenvalue weighted by Gasteiger charge is 2.19. The molecule has 0 aromatic heterocycles. The van der Waals surface area contributed by atoms with Gasteiger partial charge < -0.3 is 15.2 Å². The second-order valence-electron chi connectivity index (χ2n) is 5.37. The molecule has 3 rings (SSSR count). The summed E-state index contributed by atoms with van der Waals surface area (Å²) >= 11 is 0. The maximum Gasteiger partial charge on any atom is 0.121 e. The van der Waals surface area contributed by atoms with Gasteiger partial charge in [-0.3, -0.25) is 0 Å². The van der Waals surface area contributed by atoms with Crippen molar-refractivity contribution in [3.8, 4) is 5.75 Å². The maximum absolute atomic E-state index is 6.01. The third kappa shape index (κ3) is 3.56. The van der Waals surface area contributed by atoms with E-state index in [-0.39, 0.29) is 6.10 Å². The number of fused-ring (bicyclic) bond motifs is 1. The van der Waals surface area contributed by atoms with Crippen molar-refractivity contribution in [2.75, 3.05) is 18.9 Å². The largest absolute Gasteiger partial charge is 0.491 e. The fourth-order valence-corrected chi connectivity index (χ4v) is 2.84. The van der Waals surface area contributed by atoms with Crippen LogP contribution in [0.2, 0.25) is 0 Å². The van der Waals surface area contributed by atoms with Gasteiger partial charge in [0, 0.05) is 11.8 Å². The molecule has 3 nitrogen and oxygen atoms in total. The molecule has 2 N–H and O–H groups in total. The zero-order chi connectivity index (χ0) is 14.5. The fraction of sp³-hybridized carbons (Fsp3) is 0.333. The highest BCUT2D eigenvalue weighted by molar-refractivity contribution is 5.43. The molecule has 2 aromatic carbocycles. The molecule has 0 amide bonds. The Labute approximate surface area is 125 Å². The van der Waals surface area contributed by atoms with Gasteiger partial charge in [0.25, 0.3) is 0 Å². The minimum absolute atomic E-state index is 0.208. The Morgan fingerprint density at radius 3 is 2.86 bits per heavy atom. The summed E-state index contributed by atoms with van der Waals surface area (Å²) < 4.78 is 11.7. The summed E-state index contributed by atoms with van der Waals surface area (Å²) in [5.41, 5.74) is 9.20.